The Balaban J connectivity index is 1.81. The van der Waals surface area contributed by atoms with E-state index < -0.39 is 44.2 Å². The van der Waals surface area contributed by atoms with Crippen molar-refractivity contribution in [1.29, 1.82) is 0 Å². The molecular weight excluding hydrogens is 469 g/mol. The van der Waals surface area contributed by atoms with E-state index in [1.165, 1.54) is 45.4 Å². The molecule has 0 amide bonds. The molecule has 1 aromatic carbocycles. The zero-order valence-electron chi connectivity index (χ0n) is 18.8. The number of aliphatic imine (C=N–C) groups is 1. The fourth-order valence-electron chi connectivity index (χ4n) is 3.93. The summed E-state index contributed by atoms with van der Waals surface area (Å²) in [7, 11) is -2.51. The molecule has 1 aliphatic heterocycles. The first kappa shape index (κ1) is 23.9. The number of rotatable bonds is 5. The first-order valence-corrected chi connectivity index (χ1v) is 12.0. The van der Waals surface area contributed by atoms with E-state index in [1.807, 2.05) is 0 Å². The van der Waals surface area contributed by atoms with Crippen LogP contribution >= 0.6 is 0 Å². The number of nitrogens with two attached hydrogens (primary N) is 1. The van der Waals surface area contributed by atoms with Crippen molar-refractivity contribution in [2.75, 3.05) is 19.5 Å². The van der Waals surface area contributed by atoms with E-state index in [0.717, 1.165) is 12.3 Å². The average molecular weight is 493 g/mol. The lowest BCUT2D eigenvalue weighted by Crippen LogP contribution is -2.56. The van der Waals surface area contributed by atoms with Gasteiger partial charge in [0.1, 0.15) is 34.4 Å². The van der Waals surface area contributed by atoms with E-state index in [9.17, 15) is 21.6 Å². The van der Waals surface area contributed by atoms with Crippen molar-refractivity contribution in [2.45, 2.75) is 30.6 Å². The maximum absolute atomic E-state index is 14.9. The number of ether oxygens (including phenoxy) is 1. The van der Waals surface area contributed by atoms with Gasteiger partial charge in [0.05, 0.1) is 36.5 Å². The lowest BCUT2D eigenvalue weighted by molar-refractivity contribution is 0.323. The lowest BCUT2D eigenvalue weighted by atomic mass is 9.90. The summed E-state index contributed by atoms with van der Waals surface area (Å²) in [5.41, 5.74) is 4.84. The quantitative estimate of drug-likeness (QED) is 0.586. The van der Waals surface area contributed by atoms with E-state index in [2.05, 4.69) is 15.0 Å². The molecule has 0 saturated heterocycles. The van der Waals surface area contributed by atoms with Gasteiger partial charge in [0, 0.05) is 17.4 Å². The highest BCUT2D eigenvalue weighted by molar-refractivity contribution is 7.93. The van der Waals surface area contributed by atoms with Crippen LogP contribution in [0.3, 0.4) is 0 Å². The fraction of sp³-hybridized carbons (Fsp3) is 0.348. The molecule has 0 saturated carbocycles. The van der Waals surface area contributed by atoms with E-state index in [1.54, 1.807) is 0 Å². The minimum atomic E-state index is -3.95. The Kier molecular flexibility index (Phi) is 5.79. The van der Waals surface area contributed by atoms with Crippen LogP contribution in [0.1, 0.15) is 30.7 Å². The topological polar surface area (TPSA) is 108 Å². The Morgan fingerprint density at radius 2 is 1.85 bits per heavy atom. The number of halogens is 3. The van der Waals surface area contributed by atoms with Crippen LogP contribution in [0, 0.1) is 11.6 Å². The SMILES string of the molecule is COc1cnc2c(Cc3ccc(F)c([C@]4(CF)CS(=O)(=O)C(C)(C)C(N)=N4)c3)ncc(F)c2c1. The summed E-state index contributed by atoms with van der Waals surface area (Å²) >= 11 is 0. The second-order valence-corrected chi connectivity index (χ2v) is 11.3. The normalized spacial score (nSPS) is 21.3. The van der Waals surface area contributed by atoms with E-state index in [0.29, 0.717) is 17.0 Å². The van der Waals surface area contributed by atoms with Crippen LogP contribution in [-0.4, -0.2) is 48.5 Å². The number of aromatic nitrogens is 2. The maximum Gasteiger partial charge on any atom is 0.165 e. The van der Waals surface area contributed by atoms with Gasteiger partial charge in [-0.25, -0.2) is 21.6 Å². The molecule has 0 unspecified atom stereocenters. The van der Waals surface area contributed by atoms with Gasteiger partial charge in [-0.2, -0.15) is 0 Å². The van der Waals surface area contributed by atoms with Crippen LogP contribution in [0.5, 0.6) is 5.75 Å². The Labute approximate surface area is 194 Å². The number of amidine groups is 1. The number of alkyl halides is 1. The zero-order valence-corrected chi connectivity index (χ0v) is 19.6. The van der Waals surface area contributed by atoms with Crippen LogP contribution in [0.2, 0.25) is 0 Å². The minimum absolute atomic E-state index is 0.100. The van der Waals surface area contributed by atoms with E-state index in [-0.39, 0.29) is 28.7 Å². The molecule has 0 spiro atoms. The van der Waals surface area contributed by atoms with Crippen LogP contribution in [-0.2, 0) is 21.8 Å². The number of nitrogens with zero attached hydrogens (tertiary/aromatic N) is 3. The van der Waals surface area contributed by atoms with Crippen molar-refractivity contribution < 1.29 is 26.3 Å². The predicted octanol–water partition coefficient (Wildman–Crippen LogP) is 3.24. The van der Waals surface area contributed by atoms with Gasteiger partial charge in [-0.1, -0.05) is 6.07 Å². The highest BCUT2D eigenvalue weighted by Gasteiger charge is 2.51. The molecule has 11 heteroatoms. The lowest BCUT2D eigenvalue weighted by Gasteiger charge is -2.38. The molecule has 3 aromatic rings. The second-order valence-electron chi connectivity index (χ2n) is 8.75. The highest BCUT2D eigenvalue weighted by atomic mass is 32.2. The van der Waals surface area contributed by atoms with Crippen LogP contribution in [0.25, 0.3) is 10.9 Å². The molecule has 0 radical (unpaired) electrons. The second kappa shape index (κ2) is 8.23. The molecule has 0 bridgehead atoms. The highest BCUT2D eigenvalue weighted by Crippen LogP contribution is 2.39. The summed E-state index contributed by atoms with van der Waals surface area (Å²) < 4.78 is 73.0. The van der Waals surface area contributed by atoms with Crippen LogP contribution in [0.4, 0.5) is 13.2 Å². The molecule has 180 valence electrons. The molecule has 2 N–H and O–H groups in total. The van der Waals surface area contributed by atoms with Gasteiger partial charge < -0.3 is 10.5 Å². The summed E-state index contributed by atoms with van der Waals surface area (Å²) in [4.78, 5) is 12.5. The van der Waals surface area contributed by atoms with E-state index in [4.69, 9.17) is 10.5 Å². The molecule has 0 fully saturated rings. The molecular formula is C23H23F3N4O3S. The number of hydrogen-bond donors (Lipinski definition) is 1. The van der Waals surface area contributed by atoms with Gasteiger partial charge in [-0.15, -0.1) is 0 Å². The number of pyridine rings is 2. The Bertz CT molecular complexity index is 1430. The molecule has 2 aromatic heterocycles. The van der Waals surface area contributed by atoms with Gasteiger partial charge in [-0.05, 0) is 37.6 Å². The number of benzene rings is 1. The molecule has 3 heterocycles. The summed E-state index contributed by atoms with van der Waals surface area (Å²) in [5, 5.41) is 0.199. The van der Waals surface area contributed by atoms with Crippen molar-refractivity contribution in [3.63, 3.8) is 0 Å². The Morgan fingerprint density at radius 1 is 1.12 bits per heavy atom. The summed E-state index contributed by atoms with van der Waals surface area (Å²) in [5.74, 6) is -2.04. The first-order chi connectivity index (χ1) is 15.9. The minimum Gasteiger partial charge on any atom is -0.495 e. The average Bonchev–Trinajstić information content (AvgIpc) is 2.80. The van der Waals surface area contributed by atoms with Gasteiger partial charge in [-0.3, -0.25) is 15.0 Å². The Morgan fingerprint density at radius 3 is 2.50 bits per heavy atom. The van der Waals surface area contributed by atoms with Crippen molar-refractivity contribution in [3.8, 4) is 5.75 Å². The van der Waals surface area contributed by atoms with Crippen molar-refractivity contribution in [2.24, 2.45) is 10.7 Å². The number of hydrogen-bond acceptors (Lipinski definition) is 7. The van der Waals surface area contributed by atoms with Crippen LogP contribution < -0.4 is 10.5 Å². The Hall–Kier alpha value is -3.21. The summed E-state index contributed by atoms with van der Waals surface area (Å²) in [6.07, 6.45) is 2.57. The zero-order chi connectivity index (χ0) is 24.9. The van der Waals surface area contributed by atoms with E-state index >= 15 is 0 Å². The van der Waals surface area contributed by atoms with Crippen molar-refractivity contribution in [3.05, 3.63) is 65.1 Å². The maximum atomic E-state index is 14.9. The fourth-order valence-corrected chi connectivity index (χ4v) is 5.58. The van der Waals surface area contributed by atoms with Gasteiger partial charge in [0.25, 0.3) is 0 Å². The van der Waals surface area contributed by atoms with Crippen molar-refractivity contribution >= 4 is 26.6 Å². The van der Waals surface area contributed by atoms with Gasteiger partial charge in [0.15, 0.2) is 15.7 Å². The molecule has 4 rings (SSSR count). The number of methoxy groups -OCH3 is 1. The third-order valence-electron chi connectivity index (χ3n) is 6.25. The van der Waals surface area contributed by atoms with Crippen molar-refractivity contribution in [1.82, 2.24) is 9.97 Å². The standard InChI is InChI=1S/C23H23F3N4O3S/c1-22(2)21(27)30-23(11-24,12-34(22,31)32)16-6-13(4-5-17(16)25)7-19-20-15(18(26)10-28-19)8-14(33-3)9-29-20/h4-6,8-10H,7,11-12H2,1-3H3,(H2,27,30)/t23-/m0/s1. The molecule has 7 nitrogen and oxygen atoms in total. The summed E-state index contributed by atoms with van der Waals surface area (Å²) in [6.45, 7) is 1.50. The monoisotopic (exact) mass is 492 g/mol. The predicted molar refractivity (Wildman–Crippen MR) is 122 cm³/mol. The first-order valence-electron chi connectivity index (χ1n) is 10.3. The largest absolute Gasteiger partial charge is 0.495 e. The third-order valence-corrected chi connectivity index (χ3v) is 8.87. The van der Waals surface area contributed by atoms with Crippen LogP contribution in [0.15, 0.2) is 41.7 Å². The van der Waals surface area contributed by atoms with Gasteiger partial charge >= 0.3 is 0 Å². The molecule has 0 aliphatic carbocycles. The molecule has 34 heavy (non-hydrogen) atoms. The smallest absolute Gasteiger partial charge is 0.165 e. The molecule has 1 atom stereocenters. The number of sulfone groups is 1. The molecule has 1 aliphatic rings. The third kappa shape index (κ3) is 3.77. The van der Waals surface area contributed by atoms with Gasteiger partial charge in [0.2, 0.25) is 0 Å². The summed E-state index contributed by atoms with van der Waals surface area (Å²) in [6, 6.07) is 5.41. The number of fused-ring (bicyclic) bond motifs is 1.